The molecule has 1 atom stereocenters. The highest BCUT2D eigenvalue weighted by Crippen LogP contribution is 2.00. The number of carboxylic acid groups (broad SMARTS) is 1. The number of amides is 1. The second-order valence-corrected chi connectivity index (χ2v) is 3.47. The zero-order valence-corrected chi connectivity index (χ0v) is 9.24. The van der Waals surface area contributed by atoms with Crippen molar-refractivity contribution in [2.75, 3.05) is 6.54 Å². The van der Waals surface area contributed by atoms with Crippen molar-refractivity contribution in [2.24, 2.45) is 5.73 Å². The van der Waals surface area contributed by atoms with E-state index in [0.29, 0.717) is 19.4 Å². The third-order valence-electron chi connectivity index (χ3n) is 2.06. The van der Waals surface area contributed by atoms with Gasteiger partial charge in [0.05, 0.1) is 0 Å². The number of rotatable bonds is 8. The number of hydrogen-bond donors (Lipinski definition) is 3. The lowest BCUT2D eigenvalue weighted by atomic mass is 10.1. The Balaban J connectivity index is 3.83. The van der Waals surface area contributed by atoms with Crippen LogP contribution in [-0.2, 0) is 9.59 Å². The third-order valence-corrected chi connectivity index (χ3v) is 2.06. The molecule has 1 amide bonds. The Morgan fingerprint density at radius 3 is 2.56 bits per heavy atom. The Morgan fingerprint density at radius 1 is 1.38 bits per heavy atom. The summed E-state index contributed by atoms with van der Waals surface area (Å²) in [6.07, 6.45) is 7.78. The van der Waals surface area contributed by atoms with Gasteiger partial charge in [-0.3, -0.25) is 4.79 Å². The maximum atomic E-state index is 11.3. The summed E-state index contributed by atoms with van der Waals surface area (Å²) in [6, 6.07) is -0.980. The van der Waals surface area contributed by atoms with Gasteiger partial charge in [-0.05, 0) is 19.4 Å². The molecule has 1 unspecified atom stereocenters. The molecule has 0 aliphatic rings. The number of unbranched alkanes of at least 4 members (excludes halogenated alkanes) is 2. The zero-order valence-electron chi connectivity index (χ0n) is 9.24. The molecular formula is C11H18N2O3. The molecular weight excluding hydrogens is 208 g/mol. The van der Waals surface area contributed by atoms with E-state index < -0.39 is 12.0 Å². The molecule has 4 N–H and O–H groups in total. The molecule has 0 aromatic heterocycles. The van der Waals surface area contributed by atoms with Crippen molar-refractivity contribution in [3.8, 4) is 12.3 Å². The van der Waals surface area contributed by atoms with Gasteiger partial charge in [0.25, 0.3) is 0 Å². The molecule has 0 aromatic carbocycles. The molecule has 0 spiro atoms. The number of carboxylic acids is 1. The van der Waals surface area contributed by atoms with E-state index in [9.17, 15) is 9.59 Å². The SMILES string of the molecule is C#CCC(NC(=O)CCCCCN)C(=O)O. The van der Waals surface area contributed by atoms with Crippen molar-refractivity contribution in [2.45, 2.75) is 38.1 Å². The Hall–Kier alpha value is -1.54. The van der Waals surface area contributed by atoms with Crippen LogP contribution in [0, 0.1) is 12.3 Å². The normalized spacial score (nSPS) is 11.5. The molecule has 5 nitrogen and oxygen atoms in total. The van der Waals surface area contributed by atoms with Crippen LogP contribution >= 0.6 is 0 Å². The maximum absolute atomic E-state index is 11.3. The summed E-state index contributed by atoms with van der Waals surface area (Å²) < 4.78 is 0. The van der Waals surface area contributed by atoms with Gasteiger partial charge in [-0.2, -0.15) is 0 Å². The average Bonchev–Trinajstić information content (AvgIpc) is 2.23. The van der Waals surface area contributed by atoms with Crippen molar-refractivity contribution in [1.82, 2.24) is 5.32 Å². The minimum Gasteiger partial charge on any atom is -0.480 e. The summed E-state index contributed by atoms with van der Waals surface area (Å²) in [7, 11) is 0. The quantitative estimate of drug-likeness (QED) is 0.404. The first-order valence-electron chi connectivity index (χ1n) is 5.27. The second-order valence-electron chi connectivity index (χ2n) is 3.47. The van der Waals surface area contributed by atoms with E-state index in [1.807, 2.05) is 0 Å². The fourth-order valence-corrected chi connectivity index (χ4v) is 1.19. The summed E-state index contributed by atoms with van der Waals surface area (Å²) in [5.41, 5.74) is 5.30. The van der Waals surface area contributed by atoms with Gasteiger partial charge in [-0.15, -0.1) is 12.3 Å². The molecule has 0 aliphatic heterocycles. The first-order chi connectivity index (χ1) is 7.61. The molecule has 0 aromatic rings. The first-order valence-corrected chi connectivity index (χ1v) is 5.27. The van der Waals surface area contributed by atoms with Gasteiger partial charge in [0.15, 0.2) is 0 Å². The van der Waals surface area contributed by atoms with Crippen molar-refractivity contribution < 1.29 is 14.7 Å². The molecule has 0 rings (SSSR count). The molecule has 0 radical (unpaired) electrons. The molecule has 0 fully saturated rings. The predicted molar refractivity (Wildman–Crippen MR) is 60.5 cm³/mol. The van der Waals surface area contributed by atoms with Gasteiger partial charge in [0, 0.05) is 12.8 Å². The lowest BCUT2D eigenvalue weighted by Crippen LogP contribution is -2.40. The monoisotopic (exact) mass is 226 g/mol. The molecule has 0 saturated heterocycles. The summed E-state index contributed by atoms with van der Waals surface area (Å²) >= 11 is 0. The summed E-state index contributed by atoms with van der Waals surface area (Å²) in [5.74, 6) is 0.837. The van der Waals surface area contributed by atoms with Gasteiger partial charge in [0.2, 0.25) is 5.91 Å². The largest absolute Gasteiger partial charge is 0.480 e. The number of aliphatic carboxylic acids is 1. The topological polar surface area (TPSA) is 92.4 Å². The fraction of sp³-hybridized carbons (Fsp3) is 0.636. The average molecular weight is 226 g/mol. The Kier molecular flexibility index (Phi) is 7.90. The van der Waals surface area contributed by atoms with Crippen LogP contribution in [0.3, 0.4) is 0 Å². The number of hydrogen-bond acceptors (Lipinski definition) is 3. The lowest BCUT2D eigenvalue weighted by molar-refractivity contribution is -0.141. The molecule has 0 heterocycles. The molecule has 0 aliphatic carbocycles. The van der Waals surface area contributed by atoms with Gasteiger partial charge >= 0.3 is 5.97 Å². The molecule has 90 valence electrons. The van der Waals surface area contributed by atoms with Crippen LogP contribution < -0.4 is 11.1 Å². The molecule has 0 saturated carbocycles. The van der Waals surface area contributed by atoms with Gasteiger partial charge < -0.3 is 16.2 Å². The first kappa shape index (κ1) is 14.5. The van der Waals surface area contributed by atoms with Crippen LogP contribution in [0.1, 0.15) is 32.1 Å². The highest BCUT2D eigenvalue weighted by molar-refractivity contribution is 5.83. The number of terminal acetylenes is 1. The highest BCUT2D eigenvalue weighted by Gasteiger charge is 2.17. The second kappa shape index (κ2) is 8.74. The van der Waals surface area contributed by atoms with Crippen LogP contribution in [0.5, 0.6) is 0 Å². The van der Waals surface area contributed by atoms with E-state index >= 15 is 0 Å². The third kappa shape index (κ3) is 6.85. The standard InChI is InChI=1S/C11H18N2O3/c1-2-6-9(11(15)16)13-10(14)7-4-3-5-8-12/h1,9H,3-8,12H2,(H,13,14)(H,15,16). The molecule has 16 heavy (non-hydrogen) atoms. The van der Waals surface area contributed by atoms with E-state index in [0.717, 1.165) is 12.8 Å². The number of carbonyl (C=O) groups is 2. The van der Waals surface area contributed by atoms with E-state index in [4.69, 9.17) is 17.3 Å². The fourth-order valence-electron chi connectivity index (χ4n) is 1.19. The number of nitrogens with two attached hydrogens (primary N) is 1. The van der Waals surface area contributed by atoms with Gasteiger partial charge in [0.1, 0.15) is 6.04 Å². The highest BCUT2D eigenvalue weighted by atomic mass is 16.4. The van der Waals surface area contributed by atoms with Gasteiger partial charge in [-0.25, -0.2) is 4.79 Å². The van der Waals surface area contributed by atoms with E-state index in [2.05, 4.69) is 11.2 Å². The van der Waals surface area contributed by atoms with Crippen molar-refractivity contribution in [3.05, 3.63) is 0 Å². The van der Waals surface area contributed by atoms with Gasteiger partial charge in [-0.1, -0.05) is 6.42 Å². The molecule has 0 bridgehead atoms. The number of carbonyl (C=O) groups excluding carboxylic acids is 1. The summed E-state index contributed by atoms with van der Waals surface area (Å²) in [4.78, 5) is 22.0. The minimum absolute atomic E-state index is 0.00384. The van der Waals surface area contributed by atoms with E-state index in [-0.39, 0.29) is 12.3 Å². The van der Waals surface area contributed by atoms with Crippen molar-refractivity contribution in [3.63, 3.8) is 0 Å². The summed E-state index contributed by atoms with van der Waals surface area (Å²) in [5, 5.41) is 11.1. The lowest BCUT2D eigenvalue weighted by Gasteiger charge is -2.11. The van der Waals surface area contributed by atoms with E-state index in [1.165, 1.54) is 0 Å². The predicted octanol–water partition coefficient (Wildman–Crippen LogP) is 0.0982. The maximum Gasteiger partial charge on any atom is 0.327 e. The van der Waals surface area contributed by atoms with E-state index in [1.54, 1.807) is 0 Å². The Bertz CT molecular complexity index is 271. The van der Waals surface area contributed by atoms with Crippen molar-refractivity contribution >= 4 is 11.9 Å². The minimum atomic E-state index is -1.10. The van der Waals surface area contributed by atoms with Crippen LogP contribution in [0.25, 0.3) is 0 Å². The Morgan fingerprint density at radius 2 is 2.06 bits per heavy atom. The van der Waals surface area contributed by atoms with Crippen LogP contribution in [-0.4, -0.2) is 29.6 Å². The molecule has 5 heteroatoms. The van der Waals surface area contributed by atoms with Crippen LogP contribution in [0.2, 0.25) is 0 Å². The van der Waals surface area contributed by atoms with Crippen molar-refractivity contribution in [1.29, 1.82) is 0 Å². The van der Waals surface area contributed by atoms with Crippen LogP contribution in [0.15, 0.2) is 0 Å². The Labute approximate surface area is 95.4 Å². The number of nitrogens with one attached hydrogen (secondary N) is 1. The van der Waals surface area contributed by atoms with Crippen LogP contribution in [0.4, 0.5) is 0 Å². The smallest absolute Gasteiger partial charge is 0.327 e. The zero-order chi connectivity index (χ0) is 12.4. The summed E-state index contributed by atoms with van der Waals surface area (Å²) in [6.45, 7) is 0.608.